The molecule has 118 valence electrons. The number of nitrogens with one attached hydrogen (secondary N) is 1. The third-order valence-corrected chi connectivity index (χ3v) is 5.88. The van der Waals surface area contributed by atoms with Crippen LogP contribution in [0.5, 0.6) is 0 Å². The molecule has 1 atom stereocenters. The van der Waals surface area contributed by atoms with Gasteiger partial charge in [0, 0.05) is 21.5 Å². The minimum Gasteiger partial charge on any atom is -0.389 e. The third kappa shape index (κ3) is 4.78. The Balaban J connectivity index is 1.93. The van der Waals surface area contributed by atoms with Crippen molar-refractivity contribution in [2.24, 2.45) is 5.41 Å². The summed E-state index contributed by atoms with van der Waals surface area (Å²) in [6.45, 7) is 7.39. The lowest BCUT2D eigenvalue weighted by Crippen LogP contribution is -2.45. The molecule has 0 bridgehead atoms. The molecule has 2 nitrogen and oxygen atoms in total. The Bertz CT molecular complexity index is 492. The van der Waals surface area contributed by atoms with Crippen LogP contribution in [-0.2, 0) is 0 Å². The fourth-order valence-corrected chi connectivity index (χ4v) is 4.27. The maximum atomic E-state index is 10.7. The summed E-state index contributed by atoms with van der Waals surface area (Å²) in [6.07, 6.45) is 3.98. The Hall–Kier alpha value is 0.1000. The minimum absolute atomic E-state index is 0.214. The second-order valence-electron chi connectivity index (χ2n) is 7.16. The van der Waals surface area contributed by atoms with Gasteiger partial charge in [-0.1, -0.05) is 51.8 Å². The summed E-state index contributed by atoms with van der Waals surface area (Å²) in [4.78, 5) is 0. The van der Waals surface area contributed by atoms with Gasteiger partial charge in [0.05, 0.1) is 5.60 Å². The standard InChI is InChI=1S/C17H25Br2NO/c1-12(14-5-4-13(18)10-15(14)19)20-11-17(21)8-6-16(2,3)7-9-17/h4-5,10,12,20-21H,6-9,11H2,1-3H3. The molecule has 1 aromatic rings. The maximum absolute atomic E-state index is 10.7. The Morgan fingerprint density at radius 2 is 1.81 bits per heavy atom. The van der Waals surface area contributed by atoms with Crippen molar-refractivity contribution in [3.63, 3.8) is 0 Å². The molecule has 4 heteroatoms. The van der Waals surface area contributed by atoms with Crippen molar-refractivity contribution in [3.05, 3.63) is 32.7 Å². The zero-order valence-electron chi connectivity index (χ0n) is 13.0. The van der Waals surface area contributed by atoms with Crippen LogP contribution in [0.15, 0.2) is 27.1 Å². The first-order valence-corrected chi connectivity index (χ1v) is 9.20. The molecule has 0 aliphatic heterocycles. The Labute approximate surface area is 145 Å². The van der Waals surface area contributed by atoms with Crippen molar-refractivity contribution in [2.45, 2.75) is 58.1 Å². The average Bonchev–Trinajstić information content (AvgIpc) is 2.40. The summed E-state index contributed by atoms with van der Waals surface area (Å²) in [6, 6.07) is 6.44. The van der Waals surface area contributed by atoms with Gasteiger partial charge in [0.15, 0.2) is 0 Å². The largest absolute Gasteiger partial charge is 0.389 e. The first-order chi connectivity index (χ1) is 9.71. The van der Waals surface area contributed by atoms with E-state index in [1.54, 1.807) is 0 Å². The highest BCUT2D eigenvalue weighted by Gasteiger charge is 2.36. The zero-order chi connectivity index (χ0) is 15.7. The number of rotatable bonds is 4. The summed E-state index contributed by atoms with van der Waals surface area (Å²) < 4.78 is 2.16. The van der Waals surface area contributed by atoms with E-state index in [0.29, 0.717) is 12.0 Å². The second-order valence-corrected chi connectivity index (χ2v) is 8.93. The molecule has 0 heterocycles. The van der Waals surface area contributed by atoms with E-state index in [4.69, 9.17) is 0 Å². The molecule has 21 heavy (non-hydrogen) atoms. The molecule has 1 aliphatic carbocycles. The van der Waals surface area contributed by atoms with E-state index in [1.165, 1.54) is 5.56 Å². The highest BCUT2D eigenvalue weighted by Crippen LogP contribution is 2.40. The quantitative estimate of drug-likeness (QED) is 0.704. The van der Waals surface area contributed by atoms with Crippen molar-refractivity contribution in [3.8, 4) is 0 Å². The molecule has 2 rings (SSSR count). The lowest BCUT2D eigenvalue weighted by Gasteiger charge is -2.40. The summed E-state index contributed by atoms with van der Waals surface area (Å²) in [5, 5.41) is 14.2. The molecule has 0 amide bonds. The van der Waals surface area contributed by atoms with Crippen LogP contribution in [0.1, 0.15) is 58.1 Å². The second kappa shape index (κ2) is 6.69. The van der Waals surface area contributed by atoms with Gasteiger partial charge in [-0.15, -0.1) is 0 Å². The van der Waals surface area contributed by atoms with Crippen LogP contribution in [0.25, 0.3) is 0 Å². The van der Waals surface area contributed by atoms with Crippen molar-refractivity contribution >= 4 is 31.9 Å². The molecule has 1 fully saturated rings. The van der Waals surface area contributed by atoms with E-state index in [2.05, 4.69) is 76.1 Å². The van der Waals surface area contributed by atoms with Crippen LogP contribution < -0.4 is 5.32 Å². The zero-order valence-corrected chi connectivity index (χ0v) is 16.2. The van der Waals surface area contributed by atoms with Crippen molar-refractivity contribution < 1.29 is 5.11 Å². The van der Waals surface area contributed by atoms with Gasteiger partial charge in [-0.2, -0.15) is 0 Å². The van der Waals surface area contributed by atoms with Crippen LogP contribution in [0.2, 0.25) is 0 Å². The molecule has 0 saturated heterocycles. The fourth-order valence-electron chi connectivity index (χ4n) is 2.87. The molecule has 1 aliphatic rings. The van der Waals surface area contributed by atoms with Gasteiger partial charge in [0.25, 0.3) is 0 Å². The Morgan fingerprint density at radius 1 is 1.19 bits per heavy atom. The SMILES string of the molecule is CC(NCC1(O)CCC(C)(C)CC1)c1ccc(Br)cc1Br. The predicted octanol–water partition coefficient (Wildman–Crippen LogP) is 5.19. The van der Waals surface area contributed by atoms with Crippen molar-refractivity contribution in [2.75, 3.05) is 6.54 Å². The molecular formula is C17H25Br2NO. The van der Waals surface area contributed by atoms with Gasteiger partial charge < -0.3 is 10.4 Å². The van der Waals surface area contributed by atoms with Crippen LogP contribution in [0, 0.1) is 5.41 Å². The molecule has 0 spiro atoms. The van der Waals surface area contributed by atoms with Crippen molar-refractivity contribution in [1.82, 2.24) is 5.32 Å². The van der Waals surface area contributed by atoms with E-state index in [0.717, 1.165) is 34.6 Å². The van der Waals surface area contributed by atoms with Crippen LogP contribution in [0.3, 0.4) is 0 Å². The summed E-state index contributed by atoms with van der Waals surface area (Å²) >= 11 is 7.09. The van der Waals surface area contributed by atoms with Crippen molar-refractivity contribution in [1.29, 1.82) is 0 Å². The Morgan fingerprint density at radius 3 is 2.38 bits per heavy atom. The van der Waals surface area contributed by atoms with Crippen LogP contribution >= 0.6 is 31.9 Å². The van der Waals surface area contributed by atoms with Crippen LogP contribution in [-0.4, -0.2) is 17.3 Å². The molecule has 2 N–H and O–H groups in total. The minimum atomic E-state index is -0.550. The van der Waals surface area contributed by atoms with Gasteiger partial charge >= 0.3 is 0 Å². The molecule has 0 radical (unpaired) electrons. The van der Waals surface area contributed by atoms with E-state index >= 15 is 0 Å². The topological polar surface area (TPSA) is 32.3 Å². The number of halogens is 2. The summed E-state index contributed by atoms with van der Waals surface area (Å²) in [5.41, 5.74) is 1.05. The summed E-state index contributed by atoms with van der Waals surface area (Å²) in [5.74, 6) is 0. The van der Waals surface area contributed by atoms with Gasteiger partial charge in [0.2, 0.25) is 0 Å². The monoisotopic (exact) mass is 417 g/mol. The van der Waals surface area contributed by atoms with E-state index in [-0.39, 0.29) is 6.04 Å². The lowest BCUT2D eigenvalue weighted by molar-refractivity contribution is -0.0258. The van der Waals surface area contributed by atoms with Gasteiger partial charge in [-0.05, 0) is 55.7 Å². The maximum Gasteiger partial charge on any atom is 0.0772 e. The third-order valence-electron chi connectivity index (χ3n) is 4.70. The molecular weight excluding hydrogens is 394 g/mol. The number of hydrogen-bond donors (Lipinski definition) is 2. The molecule has 1 saturated carbocycles. The number of benzene rings is 1. The number of hydrogen-bond acceptors (Lipinski definition) is 2. The first-order valence-electron chi connectivity index (χ1n) is 7.62. The first kappa shape index (κ1) is 17.5. The normalized spacial score (nSPS) is 22.0. The molecule has 1 aromatic carbocycles. The van der Waals surface area contributed by atoms with E-state index in [1.807, 2.05) is 0 Å². The molecule has 1 unspecified atom stereocenters. The summed E-state index contributed by atoms with van der Waals surface area (Å²) in [7, 11) is 0. The Kier molecular flexibility index (Phi) is 5.56. The van der Waals surface area contributed by atoms with E-state index < -0.39 is 5.60 Å². The number of aliphatic hydroxyl groups is 1. The molecule has 0 aromatic heterocycles. The predicted molar refractivity (Wildman–Crippen MR) is 95.5 cm³/mol. The van der Waals surface area contributed by atoms with E-state index in [9.17, 15) is 5.11 Å². The highest BCUT2D eigenvalue weighted by molar-refractivity contribution is 9.11. The van der Waals surface area contributed by atoms with Gasteiger partial charge in [0.1, 0.15) is 0 Å². The fraction of sp³-hybridized carbons (Fsp3) is 0.647. The highest BCUT2D eigenvalue weighted by atomic mass is 79.9. The van der Waals surface area contributed by atoms with Gasteiger partial charge in [-0.25, -0.2) is 0 Å². The smallest absolute Gasteiger partial charge is 0.0772 e. The van der Waals surface area contributed by atoms with Crippen LogP contribution in [0.4, 0.5) is 0 Å². The average molecular weight is 419 g/mol. The lowest BCUT2D eigenvalue weighted by atomic mass is 9.71. The van der Waals surface area contributed by atoms with Gasteiger partial charge in [-0.3, -0.25) is 0 Å².